The molecule has 1 unspecified atom stereocenters. The molecule has 1 fully saturated rings. The molecule has 0 radical (unpaired) electrons. The molecule has 10 heteroatoms. The molecule has 0 bridgehead atoms. The van der Waals surface area contributed by atoms with Gasteiger partial charge in [-0.25, -0.2) is 9.97 Å². The smallest absolute Gasteiger partial charge is 0.269 e. The Hall–Kier alpha value is -2.91. The van der Waals surface area contributed by atoms with Crippen molar-refractivity contribution in [1.29, 1.82) is 0 Å². The van der Waals surface area contributed by atoms with Crippen molar-refractivity contribution >= 4 is 34.8 Å². The average Bonchev–Trinajstić information content (AvgIpc) is 2.78. The number of carbonyl (C=O) groups excluding carboxylic acids is 2. The number of ether oxygens (including phenoxy) is 1. The van der Waals surface area contributed by atoms with Gasteiger partial charge in [-0.3, -0.25) is 14.5 Å². The van der Waals surface area contributed by atoms with Crippen LogP contribution in [0.4, 0.5) is 11.4 Å². The number of halogens is 1. The highest BCUT2D eigenvalue weighted by atomic mass is 35.5. The van der Waals surface area contributed by atoms with Crippen LogP contribution in [0.25, 0.3) is 0 Å². The van der Waals surface area contributed by atoms with Gasteiger partial charge in [-0.15, -0.1) is 0 Å². The van der Waals surface area contributed by atoms with Gasteiger partial charge in [0.15, 0.2) is 11.3 Å². The molecule has 1 saturated heterocycles. The highest BCUT2D eigenvalue weighted by Crippen LogP contribution is 2.30. The Morgan fingerprint density at radius 3 is 2.77 bits per heavy atom. The number of aromatic nitrogens is 2. The number of amides is 2. The molecule has 2 amide bonds. The van der Waals surface area contributed by atoms with Gasteiger partial charge in [0, 0.05) is 46.0 Å². The molecule has 0 aromatic carbocycles. The zero-order valence-electron chi connectivity index (χ0n) is 17.5. The summed E-state index contributed by atoms with van der Waals surface area (Å²) in [6.45, 7) is 5.89. The van der Waals surface area contributed by atoms with Crippen LogP contribution in [0, 0.1) is 0 Å². The number of piperazine rings is 1. The van der Waals surface area contributed by atoms with Crippen LogP contribution in [0.3, 0.4) is 0 Å². The Morgan fingerprint density at radius 1 is 1.32 bits per heavy atom. The number of rotatable bonds is 5. The number of fused-ring (bicyclic) bond motifs is 1. The Labute approximate surface area is 185 Å². The first kappa shape index (κ1) is 21.3. The summed E-state index contributed by atoms with van der Waals surface area (Å²) in [6, 6.07) is 5.46. The fraction of sp³-hybridized carbons (Fsp3) is 0.429. The van der Waals surface area contributed by atoms with E-state index in [4.69, 9.17) is 16.3 Å². The van der Waals surface area contributed by atoms with E-state index in [-0.39, 0.29) is 11.8 Å². The number of nitrogens with one attached hydrogen (secondary N) is 2. The standard InChI is InChI=1S/C21H25ClN6O3/c1-3-17-20(30)26-15-10-13(11-24-21(15)31-17)12-27-6-8-28(9-7-27)16-5-4-14(19(29)23-2)25-18(16)22/h4-5,10-11,17H,3,6-9,12H2,1-2H3,(H,23,29)(H,26,30). The zero-order chi connectivity index (χ0) is 22.0. The van der Waals surface area contributed by atoms with Crippen molar-refractivity contribution in [2.45, 2.75) is 26.0 Å². The lowest BCUT2D eigenvalue weighted by Gasteiger charge is -2.36. The number of pyridine rings is 2. The van der Waals surface area contributed by atoms with E-state index in [0.29, 0.717) is 28.8 Å². The van der Waals surface area contributed by atoms with Crippen LogP contribution < -0.4 is 20.3 Å². The van der Waals surface area contributed by atoms with E-state index in [1.165, 1.54) is 0 Å². The lowest BCUT2D eigenvalue weighted by molar-refractivity contribution is -0.123. The third-order valence-electron chi connectivity index (χ3n) is 5.49. The second-order valence-electron chi connectivity index (χ2n) is 7.55. The molecule has 31 heavy (non-hydrogen) atoms. The molecular weight excluding hydrogens is 420 g/mol. The molecule has 2 aliphatic rings. The molecule has 0 aliphatic carbocycles. The Morgan fingerprint density at radius 2 is 2.10 bits per heavy atom. The van der Waals surface area contributed by atoms with Gasteiger partial charge in [0.25, 0.3) is 11.8 Å². The Balaban J connectivity index is 1.36. The third-order valence-corrected chi connectivity index (χ3v) is 5.77. The van der Waals surface area contributed by atoms with Crippen molar-refractivity contribution in [3.63, 3.8) is 0 Å². The predicted molar refractivity (Wildman–Crippen MR) is 118 cm³/mol. The first-order valence-corrected chi connectivity index (χ1v) is 10.7. The van der Waals surface area contributed by atoms with E-state index in [9.17, 15) is 9.59 Å². The monoisotopic (exact) mass is 444 g/mol. The molecule has 0 spiro atoms. The summed E-state index contributed by atoms with van der Waals surface area (Å²) >= 11 is 6.33. The first-order valence-electron chi connectivity index (χ1n) is 10.3. The Kier molecular flexibility index (Phi) is 6.24. The summed E-state index contributed by atoms with van der Waals surface area (Å²) in [6.07, 6.45) is 1.92. The van der Waals surface area contributed by atoms with E-state index in [2.05, 4.69) is 30.4 Å². The summed E-state index contributed by atoms with van der Waals surface area (Å²) in [4.78, 5) is 36.9. The van der Waals surface area contributed by atoms with Crippen molar-refractivity contribution in [3.05, 3.63) is 40.8 Å². The van der Waals surface area contributed by atoms with Crippen molar-refractivity contribution < 1.29 is 14.3 Å². The lowest BCUT2D eigenvalue weighted by Crippen LogP contribution is -2.46. The minimum Gasteiger partial charge on any atom is -0.463 e. The minimum absolute atomic E-state index is 0.129. The predicted octanol–water partition coefficient (Wildman–Crippen LogP) is 1.92. The van der Waals surface area contributed by atoms with Gasteiger partial charge in [0.05, 0.1) is 5.69 Å². The maximum absolute atomic E-state index is 12.0. The van der Waals surface area contributed by atoms with Crippen LogP contribution in [0.1, 0.15) is 29.4 Å². The van der Waals surface area contributed by atoms with Crippen molar-refractivity contribution in [2.24, 2.45) is 0 Å². The highest BCUT2D eigenvalue weighted by molar-refractivity contribution is 6.32. The molecule has 1 atom stereocenters. The van der Waals surface area contributed by atoms with E-state index in [1.54, 1.807) is 19.3 Å². The van der Waals surface area contributed by atoms with E-state index >= 15 is 0 Å². The number of hydrogen-bond acceptors (Lipinski definition) is 7. The molecule has 164 valence electrons. The van der Waals surface area contributed by atoms with Gasteiger partial charge in [-0.2, -0.15) is 0 Å². The number of anilines is 2. The zero-order valence-corrected chi connectivity index (χ0v) is 18.3. The molecule has 2 aromatic heterocycles. The van der Waals surface area contributed by atoms with Gasteiger partial charge >= 0.3 is 0 Å². The largest absolute Gasteiger partial charge is 0.463 e. The molecule has 4 rings (SSSR count). The highest BCUT2D eigenvalue weighted by Gasteiger charge is 2.27. The van der Waals surface area contributed by atoms with Crippen LogP contribution >= 0.6 is 11.6 Å². The van der Waals surface area contributed by atoms with Crippen LogP contribution in [-0.2, 0) is 11.3 Å². The molecule has 9 nitrogen and oxygen atoms in total. The lowest BCUT2D eigenvalue weighted by atomic mass is 10.1. The van der Waals surface area contributed by atoms with Gasteiger partial charge < -0.3 is 20.3 Å². The van der Waals surface area contributed by atoms with Gasteiger partial charge in [-0.1, -0.05) is 18.5 Å². The molecule has 2 N–H and O–H groups in total. The molecule has 4 heterocycles. The Bertz CT molecular complexity index is 993. The van der Waals surface area contributed by atoms with Crippen LogP contribution in [-0.4, -0.2) is 66.0 Å². The SMILES string of the molecule is CCC1Oc2ncc(CN3CCN(c4ccc(C(=O)NC)nc4Cl)CC3)cc2NC1=O. The average molecular weight is 445 g/mol. The number of nitrogens with zero attached hydrogens (tertiary/aromatic N) is 4. The second-order valence-corrected chi connectivity index (χ2v) is 7.91. The van der Waals surface area contributed by atoms with Crippen LogP contribution in [0.15, 0.2) is 24.4 Å². The number of carbonyl (C=O) groups is 2. The van der Waals surface area contributed by atoms with E-state index < -0.39 is 6.10 Å². The molecule has 2 aliphatic heterocycles. The van der Waals surface area contributed by atoms with Gasteiger partial charge in [0.1, 0.15) is 11.4 Å². The van der Waals surface area contributed by atoms with E-state index in [0.717, 1.165) is 44.0 Å². The molecular formula is C21H25ClN6O3. The first-order chi connectivity index (χ1) is 15.0. The normalized spacial score (nSPS) is 18.7. The summed E-state index contributed by atoms with van der Waals surface area (Å²) in [5.74, 6) is 0.0848. The fourth-order valence-corrected chi connectivity index (χ4v) is 4.03. The number of hydrogen-bond donors (Lipinski definition) is 2. The third kappa shape index (κ3) is 4.57. The summed E-state index contributed by atoms with van der Waals surface area (Å²) in [7, 11) is 1.56. The quantitative estimate of drug-likeness (QED) is 0.679. The fourth-order valence-electron chi connectivity index (χ4n) is 3.76. The van der Waals surface area contributed by atoms with Gasteiger partial charge in [0.2, 0.25) is 5.88 Å². The van der Waals surface area contributed by atoms with Crippen molar-refractivity contribution in [2.75, 3.05) is 43.4 Å². The van der Waals surface area contributed by atoms with Crippen molar-refractivity contribution in [3.8, 4) is 5.88 Å². The summed E-state index contributed by atoms with van der Waals surface area (Å²) in [5.41, 5.74) is 2.77. The topological polar surface area (TPSA) is 99.7 Å². The molecule has 0 saturated carbocycles. The summed E-state index contributed by atoms with van der Waals surface area (Å²) < 4.78 is 5.66. The second kappa shape index (κ2) is 9.07. The van der Waals surface area contributed by atoms with Crippen molar-refractivity contribution in [1.82, 2.24) is 20.2 Å². The van der Waals surface area contributed by atoms with Crippen LogP contribution in [0.5, 0.6) is 5.88 Å². The van der Waals surface area contributed by atoms with Crippen LogP contribution in [0.2, 0.25) is 5.15 Å². The maximum Gasteiger partial charge on any atom is 0.269 e. The summed E-state index contributed by atoms with van der Waals surface area (Å²) in [5, 5.41) is 5.76. The minimum atomic E-state index is -0.481. The maximum atomic E-state index is 12.0. The van der Waals surface area contributed by atoms with E-state index in [1.807, 2.05) is 19.1 Å². The molecule has 2 aromatic rings. The van der Waals surface area contributed by atoms with Gasteiger partial charge in [-0.05, 0) is 30.2 Å².